The van der Waals surface area contributed by atoms with Gasteiger partial charge in [-0.25, -0.2) is 4.39 Å². The van der Waals surface area contributed by atoms with Crippen LogP contribution in [-0.4, -0.2) is 12.9 Å². The molecule has 0 aromatic heterocycles. The number of benzene rings is 1. The van der Waals surface area contributed by atoms with Gasteiger partial charge in [0.05, 0.1) is 7.11 Å². The first-order valence-electron chi connectivity index (χ1n) is 5.19. The lowest BCUT2D eigenvalue weighted by atomic mass is 9.94. The van der Waals surface area contributed by atoms with E-state index in [0.717, 1.165) is 12.0 Å². The average Bonchev–Trinajstić information content (AvgIpc) is 2.60. The van der Waals surface area contributed by atoms with Crippen LogP contribution in [0.15, 0.2) is 30.4 Å². The lowest BCUT2D eigenvalue weighted by molar-refractivity contribution is -0.114. The van der Waals surface area contributed by atoms with Gasteiger partial charge in [-0.3, -0.25) is 4.79 Å². The van der Waals surface area contributed by atoms with E-state index in [9.17, 15) is 9.18 Å². The molecule has 84 valence electrons. The number of Topliss-reactive ketones (excluding diaryl/α,β-unsaturated/α-hetero) is 1. The van der Waals surface area contributed by atoms with Crippen molar-refractivity contribution in [2.75, 3.05) is 7.11 Å². The van der Waals surface area contributed by atoms with Crippen LogP contribution in [0, 0.1) is 5.82 Å². The number of ether oxygens (including phenoxy) is 1. The van der Waals surface area contributed by atoms with Crippen molar-refractivity contribution in [3.05, 3.63) is 41.7 Å². The maximum absolute atomic E-state index is 13.5. The number of rotatable bonds is 2. The van der Waals surface area contributed by atoms with Crippen molar-refractivity contribution >= 4 is 5.78 Å². The maximum Gasteiger partial charge on any atom is 0.165 e. The Bertz CT molecular complexity index is 451. The highest BCUT2D eigenvalue weighted by Gasteiger charge is 2.28. The van der Waals surface area contributed by atoms with Gasteiger partial charge in [-0.1, -0.05) is 12.6 Å². The molecule has 3 heteroatoms. The lowest BCUT2D eigenvalue weighted by Crippen LogP contribution is -2.00. The Morgan fingerprint density at radius 3 is 2.75 bits per heavy atom. The largest absolute Gasteiger partial charge is 0.494 e. The van der Waals surface area contributed by atoms with Crippen molar-refractivity contribution in [1.82, 2.24) is 0 Å². The summed E-state index contributed by atoms with van der Waals surface area (Å²) in [6, 6.07) is 4.80. The Hall–Kier alpha value is -1.64. The van der Waals surface area contributed by atoms with E-state index < -0.39 is 5.82 Å². The van der Waals surface area contributed by atoms with Gasteiger partial charge in [-0.15, -0.1) is 0 Å². The lowest BCUT2D eigenvalue weighted by Gasteiger charge is -2.11. The number of ketones is 1. The summed E-state index contributed by atoms with van der Waals surface area (Å²) in [6.07, 6.45) is 1.24. The van der Waals surface area contributed by atoms with Crippen LogP contribution in [0.5, 0.6) is 5.75 Å². The molecule has 2 rings (SSSR count). The first-order chi connectivity index (χ1) is 7.63. The number of carbonyl (C=O) groups is 1. The third-order valence-electron chi connectivity index (χ3n) is 3.02. The fourth-order valence-electron chi connectivity index (χ4n) is 2.07. The summed E-state index contributed by atoms with van der Waals surface area (Å²) < 4.78 is 18.3. The number of hydrogen-bond donors (Lipinski definition) is 0. The van der Waals surface area contributed by atoms with Gasteiger partial charge in [0.1, 0.15) is 0 Å². The predicted octanol–water partition coefficient (Wildman–Crippen LogP) is 2.84. The van der Waals surface area contributed by atoms with E-state index >= 15 is 0 Å². The van der Waals surface area contributed by atoms with Crippen LogP contribution in [0.4, 0.5) is 4.39 Å². The monoisotopic (exact) mass is 220 g/mol. The molecule has 2 nitrogen and oxygen atoms in total. The third-order valence-corrected chi connectivity index (χ3v) is 3.02. The van der Waals surface area contributed by atoms with Gasteiger partial charge in [-0.2, -0.15) is 0 Å². The first-order valence-corrected chi connectivity index (χ1v) is 5.19. The van der Waals surface area contributed by atoms with Gasteiger partial charge in [0.25, 0.3) is 0 Å². The Morgan fingerprint density at radius 2 is 2.25 bits per heavy atom. The van der Waals surface area contributed by atoms with Crippen LogP contribution >= 0.6 is 0 Å². The summed E-state index contributed by atoms with van der Waals surface area (Å²) in [7, 11) is 1.43. The molecule has 1 unspecified atom stereocenters. The van der Waals surface area contributed by atoms with Gasteiger partial charge in [-0.05, 0) is 29.7 Å². The molecule has 0 heterocycles. The Labute approximate surface area is 93.7 Å². The molecule has 1 saturated carbocycles. The number of halogens is 1. The second-order valence-electron chi connectivity index (χ2n) is 3.93. The quantitative estimate of drug-likeness (QED) is 0.716. The number of methoxy groups -OCH3 is 1. The summed E-state index contributed by atoms with van der Waals surface area (Å²) >= 11 is 0. The summed E-state index contributed by atoms with van der Waals surface area (Å²) in [6.45, 7) is 3.76. The second kappa shape index (κ2) is 4.08. The molecule has 0 spiro atoms. The Morgan fingerprint density at radius 1 is 1.50 bits per heavy atom. The SMILES string of the molecule is C=C1C(=O)CCC1c1ccc(OC)c(F)c1. The molecular formula is C13H13FO2. The zero-order chi connectivity index (χ0) is 11.7. The van der Waals surface area contributed by atoms with E-state index in [2.05, 4.69) is 6.58 Å². The maximum atomic E-state index is 13.5. The summed E-state index contributed by atoms with van der Waals surface area (Å²) in [5, 5.41) is 0. The van der Waals surface area contributed by atoms with Crippen LogP contribution in [0.3, 0.4) is 0 Å². The molecule has 0 amide bonds. The fraction of sp³-hybridized carbons (Fsp3) is 0.308. The van der Waals surface area contributed by atoms with Crippen LogP contribution in [0.2, 0.25) is 0 Å². The third kappa shape index (κ3) is 1.73. The highest BCUT2D eigenvalue weighted by atomic mass is 19.1. The van der Waals surface area contributed by atoms with Gasteiger partial charge in [0.15, 0.2) is 17.3 Å². The molecule has 0 radical (unpaired) electrons. The highest BCUT2D eigenvalue weighted by molar-refractivity contribution is 5.98. The van der Waals surface area contributed by atoms with Gasteiger partial charge in [0.2, 0.25) is 0 Å². The number of hydrogen-bond acceptors (Lipinski definition) is 2. The molecule has 0 saturated heterocycles. The molecule has 0 N–H and O–H groups in total. The Kier molecular flexibility index (Phi) is 2.77. The van der Waals surface area contributed by atoms with Gasteiger partial charge >= 0.3 is 0 Å². The Balaban J connectivity index is 2.32. The molecular weight excluding hydrogens is 207 g/mol. The molecule has 1 aromatic rings. The zero-order valence-electron chi connectivity index (χ0n) is 9.13. The summed E-state index contributed by atoms with van der Waals surface area (Å²) in [4.78, 5) is 11.3. The van der Waals surface area contributed by atoms with Gasteiger partial charge < -0.3 is 4.74 Å². The molecule has 1 aliphatic carbocycles. The molecule has 1 fully saturated rings. The minimum atomic E-state index is -0.396. The molecule has 0 bridgehead atoms. The standard InChI is InChI=1S/C13H13FO2/c1-8-10(4-5-12(8)15)9-3-6-13(16-2)11(14)7-9/h3,6-7,10H,1,4-5H2,2H3. The zero-order valence-corrected chi connectivity index (χ0v) is 9.13. The van der Waals surface area contributed by atoms with Gasteiger partial charge in [0, 0.05) is 12.3 Å². The molecule has 16 heavy (non-hydrogen) atoms. The smallest absolute Gasteiger partial charge is 0.165 e. The van der Waals surface area contributed by atoms with Crippen LogP contribution in [-0.2, 0) is 4.79 Å². The minimum Gasteiger partial charge on any atom is -0.494 e. The van der Waals surface area contributed by atoms with Crippen LogP contribution in [0.1, 0.15) is 24.3 Å². The fourth-order valence-corrected chi connectivity index (χ4v) is 2.07. The predicted molar refractivity (Wildman–Crippen MR) is 59.1 cm³/mol. The van der Waals surface area contributed by atoms with Crippen molar-refractivity contribution in [3.63, 3.8) is 0 Å². The minimum absolute atomic E-state index is 0.0343. The first kappa shape index (κ1) is 10.9. The van der Waals surface area contributed by atoms with Crippen LogP contribution < -0.4 is 4.74 Å². The topological polar surface area (TPSA) is 26.3 Å². The van der Waals surface area contributed by atoms with Crippen molar-refractivity contribution in [2.24, 2.45) is 0 Å². The van der Waals surface area contributed by atoms with Crippen molar-refractivity contribution in [1.29, 1.82) is 0 Å². The molecule has 0 aliphatic heterocycles. The van der Waals surface area contributed by atoms with E-state index in [1.54, 1.807) is 12.1 Å². The molecule has 1 aromatic carbocycles. The van der Waals surface area contributed by atoms with E-state index in [4.69, 9.17) is 4.74 Å². The number of allylic oxidation sites excluding steroid dienone is 1. The summed E-state index contributed by atoms with van der Waals surface area (Å²) in [5.74, 6) is -0.125. The highest BCUT2D eigenvalue weighted by Crippen LogP contribution is 2.36. The van der Waals surface area contributed by atoms with Crippen molar-refractivity contribution < 1.29 is 13.9 Å². The van der Waals surface area contributed by atoms with E-state index in [0.29, 0.717) is 12.0 Å². The second-order valence-corrected chi connectivity index (χ2v) is 3.93. The van der Waals surface area contributed by atoms with E-state index in [-0.39, 0.29) is 17.5 Å². The van der Waals surface area contributed by atoms with Crippen molar-refractivity contribution in [2.45, 2.75) is 18.8 Å². The van der Waals surface area contributed by atoms with E-state index in [1.807, 2.05) is 0 Å². The van der Waals surface area contributed by atoms with E-state index in [1.165, 1.54) is 13.2 Å². The van der Waals surface area contributed by atoms with Crippen LogP contribution in [0.25, 0.3) is 0 Å². The molecule has 1 aliphatic rings. The molecule has 1 atom stereocenters. The normalized spacial score (nSPS) is 20.2. The average molecular weight is 220 g/mol. The summed E-state index contributed by atoms with van der Waals surface area (Å²) in [5.41, 5.74) is 1.39. The number of carbonyl (C=O) groups excluding carboxylic acids is 1. The van der Waals surface area contributed by atoms with Crippen molar-refractivity contribution in [3.8, 4) is 5.75 Å².